The molecule has 182 valence electrons. The summed E-state index contributed by atoms with van der Waals surface area (Å²) in [5.74, 6) is -4.58. The van der Waals surface area contributed by atoms with Crippen molar-refractivity contribution < 1.29 is 29.3 Å². The molecule has 4 atom stereocenters. The van der Waals surface area contributed by atoms with Gasteiger partial charge in [-0.25, -0.2) is 0 Å². The molecule has 2 saturated heterocycles. The molecule has 2 aromatic heterocycles. The Labute approximate surface area is 198 Å². The van der Waals surface area contributed by atoms with Gasteiger partial charge in [-0.05, 0) is 37.9 Å². The van der Waals surface area contributed by atoms with E-state index < -0.39 is 40.6 Å². The van der Waals surface area contributed by atoms with Crippen molar-refractivity contribution in [3.63, 3.8) is 0 Å². The van der Waals surface area contributed by atoms with Gasteiger partial charge >= 0.3 is 11.9 Å². The van der Waals surface area contributed by atoms with Gasteiger partial charge in [-0.3, -0.25) is 24.5 Å². The van der Waals surface area contributed by atoms with Crippen LogP contribution in [0.3, 0.4) is 0 Å². The Morgan fingerprint density at radius 3 is 1.71 bits per heavy atom. The van der Waals surface area contributed by atoms with E-state index in [0.29, 0.717) is 17.9 Å². The third-order valence-electron chi connectivity index (χ3n) is 7.42. The average Bonchev–Trinajstić information content (AvgIpc) is 2.85. The molecule has 4 unspecified atom stereocenters. The number of fused-ring (bicyclic) bond motifs is 2. The molecule has 0 aliphatic carbocycles. The first-order valence-electron chi connectivity index (χ1n) is 11.1. The van der Waals surface area contributed by atoms with Crippen LogP contribution in [0.5, 0.6) is 0 Å². The van der Waals surface area contributed by atoms with Crippen molar-refractivity contribution in [2.45, 2.75) is 24.8 Å². The molecule has 2 aromatic rings. The van der Waals surface area contributed by atoms with E-state index in [9.17, 15) is 19.8 Å². The van der Waals surface area contributed by atoms with Crippen molar-refractivity contribution in [2.75, 3.05) is 40.9 Å². The number of piperidine rings is 2. The maximum Gasteiger partial charge on any atom is 0.320 e. The fraction of sp³-hybridized carbons (Fsp3) is 0.500. The summed E-state index contributed by atoms with van der Waals surface area (Å²) in [5, 5.41) is 24.2. The molecule has 2 aliphatic rings. The lowest BCUT2D eigenvalue weighted by Gasteiger charge is -2.67. The minimum absolute atomic E-state index is 0.0670. The first-order chi connectivity index (χ1) is 16.2. The van der Waals surface area contributed by atoms with Crippen LogP contribution in [-0.4, -0.2) is 88.6 Å². The van der Waals surface area contributed by atoms with Crippen molar-refractivity contribution in [1.82, 2.24) is 19.8 Å². The lowest BCUT2D eigenvalue weighted by Crippen LogP contribution is -2.83. The van der Waals surface area contributed by atoms with E-state index >= 15 is 0 Å². The van der Waals surface area contributed by atoms with Crippen LogP contribution in [0.15, 0.2) is 48.8 Å². The molecular weight excluding hydrogens is 440 g/mol. The van der Waals surface area contributed by atoms with Crippen molar-refractivity contribution >= 4 is 11.9 Å². The smallest absolute Gasteiger partial charge is 0.320 e. The second kappa shape index (κ2) is 8.70. The predicted molar refractivity (Wildman–Crippen MR) is 120 cm³/mol. The van der Waals surface area contributed by atoms with Gasteiger partial charge in [0.1, 0.15) is 0 Å². The number of aliphatic hydroxyl groups is 2. The predicted octanol–water partition coefficient (Wildman–Crippen LogP) is 0.540. The first-order valence-corrected chi connectivity index (χ1v) is 11.1. The Kier molecular flexibility index (Phi) is 6.19. The molecule has 4 rings (SSSR count). The molecule has 10 heteroatoms. The SMILES string of the molecule is CCN1CC2(C(=O)OC)C(c3ccccn3)N(C)C(c3ccccn3)C(C(=O)OC)(C1)C2(O)O. The minimum Gasteiger partial charge on any atom is -0.468 e. The summed E-state index contributed by atoms with van der Waals surface area (Å²) in [5.41, 5.74) is -3.11. The number of likely N-dealkylation sites (tertiary alicyclic amines) is 2. The highest BCUT2D eigenvalue weighted by Crippen LogP contribution is 2.66. The van der Waals surface area contributed by atoms with Crippen LogP contribution in [-0.2, 0) is 19.1 Å². The second-order valence-electron chi connectivity index (χ2n) is 8.88. The third kappa shape index (κ3) is 3.02. The van der Waals surface area contributed by atoms with Gasteiger partial charge in [-0.15, -0.1) is 0 Å². The molecule has 0 saturated carbocycles. The summed E-state index contributed by atoms with van der Waals surface area (Å²) in [7, 11) is 4.11. The molecule has 10 nitrogen and oxygen atoms in total. The van der Waals surface area contributed by atoms with E-state index in [1.54, 1.807) is 60.7 Å². The van der Waals surface area contributed by atoms with Crippen LogP contribution >= 0.6 is 0 Å². The highest BCUT2D eigenvalue weighted by atomic mass is 16.6. The van der Waals surface area contributed by atoms with E-state index in [-0.39, 0.29) is 13.1 Å². The number of aromatic nitrogens is 2. The Bertz CT molecular complexity index is 972. The summed E-state index contributed by atoms with van der Waals surface area (Å²) in [6.07, 6.45) is 3.14. The van der Waals surface area contributed by atoms with Gasteiger partial charge in [0.15, 0.2) is 10.8 Å². The van der Waals surface area contributed by atoms with Crippen LogP contribution < -0.4 is 0 Å². The minimum atomic E-state index is -2.87. The Balaban J connectivity index is 2.13. The Morgan fingerprint density at radius 2 is 1.38 bits per heavy atom. The fourth-order valence-electron chi connectivity index (χ4n) is 6.00. The van der Waals surface area contributed by atoms with Crippen LogP contribution in [0, 0.1) is 10.8 Å². The number of rotatable bonds is 5. The quantitative estimate of drug-likeness (QED) is 0.472. The number of pyridine rings is 2. The normalized spacial score (nSPS) is 31.0. The van der Waals surface area contributed by atoms with Crippen molar-refractivity contribution in [3.8, 4) is 0 Å². The highest BCUT2D eigenvalue weighted by molar-refractivity contribution is 5.87. The van der Waals surface area contributed by atoms with Crippen LogP contribution in [0.2, 0.25) is 0 Å². The van der Waals surface area contributed by atoms with Crippen molar-refractivity contribution in [3.05, 3.63) is 60.2 Å². The zero-order chi connectivity index (χ0) is 24.7. The third-order valence-corrected chi connectivity index (χ3v) is 7.42. The molecule has 4 heterocycles. The number of hydrogen-bond acceptors (Lipinski definition) is 10. The van der Waals surface area contributed by atoms with Gasteiger partial charge in [0, 0.05) is 25.5 Å². The molecule has 34 heavy (non-hydrogen) atoms. The van der Waals surface area contributed by atoms with Crippen molar-refractivity contribution in [1.29, 1.82) is 0 Å². The monoisotopic (exact) mass is 470 g/mol. The number of carbonyl (C=O) groups excluding carboxylic acids is 2. The van der Waals surface area contributed by atoms with Crippen LogP contribution in [0.25, 0.3) is 0 Å². The molecule has 0 radical (unpaired) electrons. The number of carbonyl (C=O) groups is 2. The van der Waals surface area contributed by atoms with E-state index in [2.05, 4.69) is 9.97 Å². The topological polar surface area (TPSA) is 125 Å². The van der Waals surface area contributed by atoms with Gasteiger partial charge in [0.25, 0.3) is 0 Å². The summed E-state index contributed by atoms with van der Waals surface area (Å²) >= 11 is 0. The highest BCUT2D eigenvalue weighted by Gasteiger charge is 2.82. The summed E-state index contributed by atoms with van der Waals surface area (Å²) in [6.45, 7) is 2.19. The van der Waals surface area contributed by atoms with Crippen LogP contribution in [0.4, 0.5) is 0 Å². The number of hydrogen-bond donors (Lipinski definition) is 2. The molecule has 2 N–H and O–H groups in total. The largest absolute Gasteiger partial charge is 0.468 e. The number of ether oxygens (including phenoxy) is 2. The maximum atomic E-state index is 13.6. The first kappa shape index (κ1) is 24.2. The fourth-order valence-corrected chi connectivity index (χ4v) is 6.00. The van der Waals surface area contributed by atoms with E-state index in [1.807, 2.05) is 11.8 Å². The van der Waals surface area contributed by atoms with Crippen molar-refractivity contribution in [2.24, 2.45) is 10.8 Å². The van der Waals surface area contributed by atoms with Crippen LogP contribution in [0.1, 0.15) is 30.4 Å². The summed E-state index contributed by atoms with van der Waals surface area (Å²) < 4.78 is 10.4. The number of methoxy groups -OCH3 is 2. The molecule has 0 amide bonds. The molecule has 0 aromatic carbocycles. The standard InChI is InChI=1S/C24H30N4O6/c1-5-28-14-22(20(29)33-3)18(16-10-6-8-12-25-16)27(2)19(17-11-7-9-13-26-17)23(15-28,21(30)34-4)24(22,31)32/h6-13,18-19,31-32H,5,14-15H2,1-4H3. The zero-order valence-electron chi connectivity index (χ0n) is 19.7. The molecular formula is C24H30N4O6. The lowest BCUT2D eigenvalue weighted by molar-refractivity contribution is -0.375. The van der Waals surface area contributed by atoms with Gasteiger partial charge in [0.2, 0.25) is 5.79 Å². The lowest BCUT2D eigenvalue weighted by atomic mass is 9.51. The molecule has 0 spiro atoms. The van der Waals surface area contributed by atoms with Gasteiger partial charge in [-0.2, -0.15) is 0 Å². The zero-order valence-corrected chi connectivity index (χ0v) is 19.7. The number of nitrogens with zero attached hydrogens (tertiary/aromatic N) is 4. The van der Waals surface area contributed by atoms with E-state index in [1.165, 1.54) is 14.2 Å². The van der Waals surface area contributed by atoms with Gasteiger partial charge in [0.05, 0.1) is 37.7 Å². The Morgan fingerprint density at radius 1 is 0.941 bits per heavy atom. The summed E-state index contributed by atoms with van der Waals surface area (Å²) in [4.78, 5) is 39.8. The molecule has 2 fully saturated rings. The molecule has 2 bridgehead atoms. The maximum absolute atomic E-state index is 13.6. The average molecular weight is 471 g/mol. The van der Waals surface area contributed by atoms with E-state index in [4.69, 9.17) is 9.47 Å². The van der Waals surface area contributed by atoms with Gasteiger partial charge < -0.3 is 24.6 Å². The molecule has 2 aliphatic heterocycles. The number of esters is 2. The van der Waals surface area contributed by atoms with E-state index in [0.717, 1.165) is 0 Å². The van der Waals surface area contributed by atoms with Gasteiger partial charge in [-0.1, -0.05) is 19.1 Å². The second-order valence-corrected chi connectivity index (χ2v) is 8.88. The Hall–Kier alpha value is -2.92. The summed E-state index contributed by atoms with van der Waals surface area (Å²) in [6, 6.07) is 8.49.